The number of hydrogen-bond acceptors (Lipinski definition) is 2. The van der Waals surface area contributed by atoms with E-state index in [2.05, 4.69) is 0 Å². The van der Waals surface area contributed by atoms with Gasteiger partial charge in [-0.2, -0.15) is 0 Å². The van der Waals surface area contributed by atoms with Crippen LogP contribution in [0.5, 0.6) is 0 Å². The molecule has 0 heterocycles. The monoisotopic (exact) mass is 203 g/mol. The van der Waals surface area contributed by atoms with Crippen LogP contribution in [-0.2, 0) is 0 Å². The van der Waals surface area contributed by atoms with Crippen LogP contribution in [0.2, 0.25) is 0 Å². The second-order valence-electron chi connectivity index (χ2n) is 4.50. The van der Waals surface area contributed by atoms with Crippen LogP contribution in [-0.4, -0.2) is 5.78 Å². The van der Waals surface area contributed by atoms with Crippen molar-refractivity contribution in [2.75, 3.05) is 5.73 Å². The summed E-state index contributed by atoms with van der Waals surface area (Å²) >= 11 is 0. The summed E-state index contributed by atoms with van der Waals surface area (Å²) in [6.45, 7) is 1.95. The van der Waals surface area contributed by atoms with Crippen molar-refractivity contribution in [1.29, 1.82) is 0 Å². The standard InChI is InChI=1S/C13H17NO/c1-9-5-6-11(8-12(9)14)13(15)7-10-3-2-4-10/h5-6,8,10H,2-4,7,14H2,1H3. The van der Waals surface area contributed by atoms with Gasteiger partial charge in [0.15, 0.2) is 5.78 Å². The van der Waals surface area contributed by atoms with Gasteiger partial charge in [-0.15, -0.1) is 0 Å². The van der Waals surface area contributed by atoms with E-state index in [1.165, 1.54) is 19.3 Å². The first-order valence-electron chi connectivity index (χ1n) is 5.56. The second-order valence-corrected chi connectivity index (χ2v) is 4.50. The Morgan fingerprint density at radius 3 is 2.73 bits per heavy atom. The quantitative estimate of drug-likeness (QED) is 0.606. The molecular weight excluding hydrogens is 186 g/mol. The van der Waals surface area contributed by atoms with Gasteiger partial charge in [-0.25, -0.2) is 0 Å². The molecule has 1 fully saturated rings. The predicted octanol–water partition coefficient (Wildman–Crippen LogP) is 2.95. The van der Waals surface area contributed by atoms with Gasteiger partial charge in [-0.05, 0) is 24.5 Å². The Hall–Kier alpha value is -1.31. The molecule has 2 nitrogen and oxygen atoms in total. The van der Waals surface area contributed by atoms with Gasteiger partial charge in [-0.3, -0.25) is 4.79 Å². The molecule has 0 aliphatic heterocycles. The lowest BCUT2D eigenvalue weighted by Gasteiger charge is -2.24. The summed E-state index contributed by atoms with van der Waals surface area (Å²) in [7, 11) is 0. The van der Waals surface area contributed by atoms with Gasteiger partial charge in [-0.1, -0.05) is 31.4 Å². The van der Waals surface area contributed by atoms with E-state index < -0.39 is 0 Å². The molecule has 0 aromatic heterocycles. The number of hydrogen-bond donors (Lipinski definition) is 1. The molecule has 0 spiro atoms. The molecule has 15 heavy (non-hydrogen) atoms. The predicted molar refractivity (Wildman–Crippen MR) is 61.9 cm³/mol. The Morgan fingerprint density at radius 2 is 2.20 bits per heavy atom. The SMILES string of the molecule is Cc1ccc(C(=O)CC2CCC2)cc1N. The molecule has 2 heteroatoms. The summed E-state index contributed by atoms with van der Waals surface area (Å²) < 4.78 is 0. The number of benzene rings is 1. The highest BCUT2D eigenvalue weighted by molar-refractivity contribution is 5.97. The minimum atomic E-state index is 0.242. The van der Waals surface area contributed by atoms with Gasteiger partial charge < -0.3 is 5.73 Å². The van der Waals surface area contributed by atoms with Gasteiger partial charge in [0, 0.05) is 17.7 Å². The topological polar surface area (TPSA) is 43.1 Å². The maximum absolute atomic E-state index is 11.9. The van der Waals surface area contributed by atoms with Crippen molar-refractivity contribution < 1.29 is 4.79 Å². The number of ketones is 1. The maximum atomic E-state index is 11.9. The van der Waals surface area contributed by atoms with Crippen LogP contribution in [0, 0.1) is 12.8 Å². The van der Waals surface area contributed by atoms with Crippen molar-refractivity contribution in [1.82, 2.24) is 0 Å². The first-order valence-corrected chi connectivity index (χ1v) is 5.56. The van der Waals surface area contributed by atoms with Crippen molar-refractivity contribution in [3.05, 3.63) is 29.3 Å². The number of anilines is 1. The summed E-state index contributed by atoms with van der Waals surface area (Å²) in [5.41, 5.74) is 8.31. The Bertz CT molecular complexity index is 380. The lowest BCUT2D eigenvalue weighted by atomic mass is 9.81. The second kappa shape index (κ2) is 4.05. The van der Waals surface area contributed by atoms with Gasteiger partial charge in [0.05, 0.1) is 0 Å². The van der Waals surface area contributed by atoms with E-state index in [-0.39, 0.29) is 5.78 Å². The maximum Gasteiger partial charge on any atom is 0.163 e. The first-order chi connectivity index (χ1) is 7.16. The van der Waals surface area contributed by atoms with E-state index in [0.29, 0.717) is 12.3 Å². The van der Waals surface area contributed by atoms with Crippen molar-refractivity contribution in [3.8, 4) is 0 Å². The zero-order chi connectivity index (χ0) is 10.8. The number of nitrogen functional groups attached to an aromatic ring is 1. The van der Waals surface area contributed by atoms with E-state index in [9.17, 15) is 4.79 Å². The Morgan fingerprint density at radius 1 is 1.47 bits per heavy atom. The minimum Gasteiger partial charge on any atom is -0.398 e. The van der Waals surface area contributed by atoms with Crippen LogP contribution in [0.3, 0.4) is 0 Å². The number of nitrogens with two attached hydrogens (primary N) is 1. The fourth-order valence-corrected chi connectivity index (χ4v) is 1.89. The Kier molecular flexibility index (Phi) is 2.76. The summed E-state index contributed by atoms with van der Waals surface area (Å²) in [6, 6.07) is 5.60. The van der Waals surface area contributed by atoms with Crippen molar-refractivity contribution in [3.63, 3.8) is 0 Å². The third-order valence-corrected chi connectivity index (χ3v) is 3.30. The molecule has 0 radical (unpaired) electrons. The molecule has 1 aromatic rings. The van der Waals surface area contributed by atoms with Gasteiger partial charge >= 0.3 is 0 Å². The van der Waals surface area contributed by atoms with E-state index in [1.807, 2.05) is 19.1 Å². The lowest BCUT2D eigenvalue weighted by molar-refractivity contribution is 0.0936. The molecule has 0 unspecified atom stereocenters. The van der Waals surface area contributed by atoms with Crippen LogP contribution in [0.15, 0.2) is 18.2 Å². The van der Waals surface area contributed by atoms with Gasteiger partial charge in [0.25, 0.3) is 0 Å². The highest BCUT2D eigenvalue weighted by Crippen LogP contribution is 2.30. The third kappa shape index (κ3) is 2.20. The fraction of sp³-hybridized carbons (Fsp3) is 0.462. The van der Waals surface area contributed by atoms with Crippen molar-refractivity contribution >= 4 is 11.5 Å². The molecule has 2 N–H and O–H groups in total. The molecule has 1 aromatic carbocycles. The molecule has 2 rings (SSSR count). The van der Waals surface area contributed by atoms with Crippen LogP contribution >= 0.6 is 0 Å². The summed E-state index contributed by atoms with van der Waals surface area (Å²) in [6.07, 6.45) is 4.41. The minimum absolute atomic E-state index is 0.242. The Balaban J connectivity index is 2.07. The van der Waals surface area contributed by atoms with E-state index in [0.717, 1.165) is 16.8 Å². The lowest BCUT2D eigenvalue weighted by Crippen LogP contribution is -2.16. The summed E-state index contributed by atoms with van der Waals surface area (Å²) in [5, 5.41) is 0. The van der Waals surface area contributed by atoms with E-state index in [4.69, 9.17) is 5.73 Å². The molecule has 80 valence electrons. The number of Topliss-reactive ketones (excluding diaryl/α,β-unsaturated/α-hetero) is 1. The molecule has 1 aliphatic carbocycles. The number of carbonyl (C=O) groups excluding carboxylic acids is 1. The smallest absolute Gasteiger partial charge is 0.163 e. The molecule has 0 bridgehead atoms. The highest BCUT2D eigenvalue weighted by atomic mass is 16.1. The van der Waals surface area contributed by atoms with Crippen molar-refractivity contribution in [2.45, 2.75) is 32.6 Å². The average molecular weight is 203 g/mol. The molecule has 0 amide bonds. The molecule has 1 saturated carbocycles. The molecule has 0 atom stereocenters. The largest absolute Gasteiger partial charge is 0.398 e. The molecule has 1 aliphatic rings. The van der Waals surface area contributed by atoms with Crippen LogP contribution in [0.1, 0.15) is 41.6 Å². The van der Waals surface area contributed by atoms with Crippen LogP contribution in [0.4, 0.5) is 5.69 Å². The zero-order valence-electron chi connectivity index (χ0n) is 9.12. The van der Waals surface area contributed by atoms with Gasteiger partial charge in [0.2, 0.25) is 0 Å². The zero-order valence-corrected chi connectivity index (χ0v) is 9.12. The van der Waals surface area contributed by atoms with Crippen LogP contribution in [0.25, 0.3) is 0 Å². The third-order valence-electron chi connectivity index (χ3n) is 3.30. The fourth-order valence-electron chi connectivity index (χ4n) is 1.89. The van der Waals surface area contributed by atoms with E-state index >= 15 is 0 Å². The van der Waals surface area contributed by atoms with Crippen molar-refractivity contribution in [2.24, 2.45) is 5.92 Å². The molecule has 0 saturated heterocycles. The molecular formula is C13H17NO. The van der Waals surface area contributed by atoms with E-state index in [1.54, 1.807) is 6.07 Å². The average Bonchev–Trinajstić information content (AvgIpc) is 2.15. The number of aryl methyl sites for hydroxylation is 1. The Labute approximate surface area is 90.5 Å². The van der Waals surface area contributed by atoms with Gasteiger partial charge in [0.1, 0.15) is 0 Å². The normalized spacial score (nSPS) is 16.1. The first kappa shape index (κ1) is 10.2. The summed E-state index contributed by atoms with van der Waals surface area (Å²) in [4.78, 5) is 11.9. The summed E-state index contributed by atoms with van der Waals surface area (Å²) in [5.74, 6) is 0.867. The number of carbonyl (C=O) groups is 1. The number of rotatable bonds is 3. The van der Waals surface area contributed by atoms with Crippen LogP contribution < -0.4 is 5.73 Å². The highest BCUT2D eigenvalue weighted by Gasteiger charge is 2.21.